The number of aromatic nitrogens is 3. The normalized spacial score (nSPS) is 20.3. The summed E-state index contributed by atoms with van der Waals surface area (Å²) in [4.78, 5) is 10.9. The van der Waals surface area contributed by atoms with Crippen molar-refractivity contribution in [2.45, 2.75) is 38.8 Å². The van der Waals surface area contributed by atoms with E-state index in [2.05, 4.69) is 40.8 Å². The van der Waals surface area contributed by atoms with Crippen LogP contribution in [0, 0.1) is 0 Å². The van der Waals surface area contributed by atoms with Crippen molar-refractivity contribution in [2.24, 2.45) is 0 Å². The quantitative estimate of drug-likeness (QED) is 0.829. The van der Waals surface area contributed by atoms with Crippen LogP contribution in [0.25, 0.3) is 11.4 Å². The molecule has 100 valence electrons. The molecule has 19 heavy (non-hydrogen) atoms. The van der Waals surface area contributed by atoms with Crippen LogP contribution in [0.1, 0.15) is 39.1 Å². The largest absolute Gasteiger partial charge is 0.337 e. The van der Waals surface area contributed by atoms with E-state index in [4.69, 9.17) is 4.52 Å². The summed E-state index contributed by atoms with van der Waals surface area (Å²) in [5.41, 5.74) is 1.07. The molecule has 0 N–H and O–H groups in total. The van der Waals surface area contributed by atoms with Gasteiger partial charge in [-0.25, -0.2) is 0 Å². The summed E-state index contributed by atoms with van der Waals surface area (Å²) in [5, 5.41) is 4.07. The lowest BCUT2D eigenvalue weighted by atomic mass is 9.93. The maximum absolute atomic E-state index is 5.43. The van der Waals surface area contributed by atoms with Crippen LogP contribution >= 0.6 is 0 Å². The predicted molar refractivity (Wildman–Crippen MR) is 71.3 cm³/mol. The van der Waals surface area contributed by atoms with Gasteiger partial charge >= 0.3 is 0 Å². The van der Waals surface area contributed by atoms with Crippen LogP contribution in [0.15, 0.2) is 29.0 Å². The third kappa shape index (κ3) is 2.26. The molecular weight excluding hydrogens is 240 g/mol. The lowest BCUT2D eigenvalue weighted by Gasteiger charge is -2.47. The Morgan fingerprint density at radius 3 is 2.58 bits per heavy atom. The van der Waals surface area contributed by atoms with E-state index in [1.165, 1.54) is 0 Å². The van der Waals surface area contributed by atoms with Crippen LogP contribution in [0.5, 0.6) is 0 Å². The van der Waals surface area contributed by atoms with Crippen LogP contribution in [0.2, 0.25) is 0 Å². The van der Waals surface area contributed by atoms with Gasteiger partial charge in [0.25, 0.3) is 0 Å². The van der Waals surface area contributed by atoms with E-state index in [1.54, 1.807) is 12.4 Å². The zero-order valence-electron chi connectivity index (χ0n) is 11.5. The summed E-state index contributed by atoms with van der Waals surface area (Å²) < 4.78 is 5.43. The second-order valence-corrected chi connectivity index (χ2v) is 5.86. The zero-order chi connectivity index (χ0) is 13.5. The van der Waals surface area contributed by atoms with Gasteiger partial charge in [-0.3, -0.25) is 9.88 Å². The highest BCUT2D eigenvalue weighted by atomic mass is 16.5. The molecule has 1 aliphatic heterocycles. The van der Waals surface area contributed by atoms with Crippen molar-refractivity contribution in [2.75, 3.05) is 6.54 Å². The molecule has 0 aromatic carbocycles. The Morgan fingerprint density at radius 2 is 2.00 bits per heavy atom. The van der Waals surface area contributed by atoms with E-state index in [0.717, 1.165) is 18.5 Å². The first-order chi connectivity index (χ1) is 9.05. The topological polar surface area (TPSA) is 55.1 Å². The third-order valence-corrected chi connectivity index (χ3v) is 3.55. The Morgan fingerprint density at radius 1 is 1.26 bits per heavy atom. The van der Waals surface area contributed by atoms with Gasteiger partial charge in [-0.05, 0) is 39.3 Å². The summed E-state index contributed by atoms with van der Waals surface area (Å²) in [6, 6.07) is 4.02. The number of hydrogen-bond donors (Lipinski definition) is 0. The molecule has 1 saturated heterocycles. The molecule has 2 aromatic rings. The average Bonchev–Trinajstić information content (AvgIpc) is 2.75. The van der Waals surface area contributed by atoms with Gasteiger partial charge in [0.2, 0.25) is 11.7 Å². The Balaban J connectivity index is 1.83. The molecule has 0 unspecified atom stereocenters. The number of pyridine rings is 1. The van der Waals surface area contributed by atoms with Crippen molar-refractivity contribution < 1.29 is 4.52 Å². The van der Waals surface area contributed by atoms with Crippen LogP contribution in [0.3, 0.4) is 0 Å². The SMILES string of the molecule is CC(C)(C)N1CC[C@H]1c1nc(-c2ccncc2)no1. The van der Waals surface area contributed by atoms with E-state index in [9.17, 15) is 0 Å². The van der Waals surface area contributed by atoms with Crippen LogP contribution in [0.4, 0.5) is 0 Å². The molecule has 1 fully saturated rings. The second-order valence-electron chi connectivity index (χ2n) is 5.86. The van der Waals surface area contributed by atoms with E-state index in [0.29, 0.717) is 11.7 Å². The molecule has 1 atom stereocenters. The highest BCUT2D eigenvalue weighted by molar-refractivity contribution is 5.52. The fourth-order valence-corrected chi connectivity index (χ4v) is 2.44. The van der Waals surface area contributed by atoms with Gasteiger partial charge in [0.1, 0.15) is 0 Å². The predicted octanol–water partition coefficient (Wildman–Crippen LogP) is 2.68. The molecular formula is C14H18N4O. The first-order valence-electron chi connectivity index (χ1n) is 6.56. The molecule has 5 heteroatoms. The summed E-state index contributed by atoms with van der Waals surface area (Å²) in [6.07, 6.45) is 4.54. The molecule has 0 amide bonds. The minimum absolute atomic E-state index is 0.133. The van der Waals surface area contributed by atoms with Crippen molar-refractivity contribution >= 4 is 0 Å². The highest BCUT2D eigenvalue weighted by Gasteiger charge is 2.40. The summed E-state index contributed by atoms with van der Waals surface area (Å²) in [5.74, 6) is 1.35. The van der Waals surface area contributed by atoms with E-state index in [-0.39, 0.29) is 11.6 Å². The molecule has 0 saturated carbocycles. The fraction of sp³-hybridized carbons (Fsp3) is 0.500. The van der Waals surface area contributed by atoms with Gasteiger partial charge in [0, 0.05) is 30.0 Å². The van der Waals surface area contributed by atoms with Crippen molar-refractivity contribution in [3.05, 3.63) is 30.4 Å². The van der Waals surface area contributed by atoms with Crippen LogP contribution < -0.4 is 0 Å². The molecule has 2 aromatic heterocycles. The molecule has 0 bridgehead atoms. The smallest absolute Gasteiger partial charge is 0.244 e. The maximum Gasteiger partial charge on any atom is 0.244 e. The van der Waals surface area contributed by atoms with Crippen molar-refractivity contribution in [1.82, 2.24) is 20.0 Å². The molecule has 0 aliphatic carbocycles. The standard InChI is InChI=1S/C14H18N4O/c1-14(2,3)18-9-6-11(18)13-16-12(17-19-13)10-4-7-15-8-5-10/h4-5,7-8,11H,6,9H2,1-3H3/t11-/m0/s1. The number of hydrogen-bond acceptors (Lipinski definition) is 5. The Kier molecular flexibility index (Phi) is 2.86. The fourth-order valence-electron chi connectivity index (χ4n) is 2.44. The lowest BCUT2D eigenvalue weighted by molar-refractivity contribution is -0.0159. The molecule has 3 heterocycles. The first-order valence-corrected chi connectivity index (χ1v) is 6.56. The Labute approximate surface area is 112 Å². The minimum atomic E-state index is 0.133. The van der Waals surface area contributed by atoms with Gasteiger partial charge in [-0.2, -0.15) is 4.98 Å². The highest BCUT2D eigenvalue weighted by Crippen LogP contribution is 2.38. The summed E-state index contributed by atoms with van der Waals surface area (Å²) in [6.45, 7) is 7.71. The van der Waals surface area contributed by atoms with Crippen LogP contribution in [-0.4, -0.2) is 32.1 Å². The van der Waals surface area contributed by atoms with Crippen molar-refractivity contribution in [3.8, 4) is 11.4 Å². The second kappa shape index (κ2) is 4.42. The van der Waals surface area contributed by atoms with Gasteiger partial charge in [0.15, 0.2) is 0 Å². The molecule has 3 rings (SSSR count). The molecule has 5 nitrogen and oxygen atoms in total. The Hall–Kier alpha value is -1.75. The van der Waals surface area contributed by atoms with E-state index >= 15 is 0 Å². The average molecular weight is 258 g/mol. The summed E-state index contributed by atoms with van der Waals surface area (Å²) in [7, 11) is 0. The van der Waals surface area contributed by atoms with E-state index < -0.39 is 0 Å². The van der Waals surface area contributed by atoms with Gasteiger partial charge in [-0.1, -0.05) is 5.16 Å². The Bertz CT molecular complexity index is 558. The monoisotopic (exact) mass is 258 g/mol. The number of nitrogens with zero attached hydrogens (tertiary/aromatic N) is 4. The lowest BCUT2D eigenvalue weighted by Crippen LogP contribution is -2.52. The van der Waals surface area contributed by atoms with Crippen molar-refractivity contribution in [3.63, 3.8) is 0 Å². The third-order valence-electron chi connectivity index (χ3n) is 3.55. The minimum Gasteiger partial charge on any atom is -0.337 e. The van der Waals surface area contributed by atoms with Crippen molar-refractivity contribution in [1.29, 1.82) is 0 Å². The van der Waals surface area contributed by atoms with Gasteiger partial charge in [-0.15, -0.1) is 0 Å². The zero-order valence-corrected chi connectivity index (χ0v) is 11.5. The van der Waals surface area contributed by atoms with E-state index in [1.807, 2.05) is 12.1 Å². The first kappa shape index (κ1) is 12.3. The van der Waals surface area contributed by atoms with Gasteiger partial charge in [0.05, 0.1) is 6.04 Å². The summed E-state index contributed by atoms with van der Waals surface area (Å²) >= 11 is 0. The molecule has 0 spiro atoms. The number of likely N-dealkylation sites (tertiary alicyclic amines) is 1. The molecule has 1 aliphatic rings. The molecule has 0 radical (unpaired) electrons. The number of rotatable bonds is 2. The van der Waals surface area contributed by atoms with Crippen LogP contribution in [-0.2, 0) is 0 Å². The van der Waals surface area contributed by atoms with Gasteiger partial charge < -0.3 is 4.52 Å². The maximum atomic E-state index is 5.43.